The number of aryl methyl sites for hydroxylation is 2. The van der Waals surface area contributed by atoms with Gasteiger partial charge in [-0.15, -0.1) is 0 Å². The van der Waals surface area contributed by atoms with E-state index in [0.29, 0.717) is 0 Å². The Kier molecular flexibility index (Phi) is 3.50. The summed E-state index contributed by atoms with van der Waals surface area (Å²) in [6.07, 6.45) is 5.36. The Morgan fingerprint density at radius 1 is 0.808 bits per heavy atom. The summed E-state index contributed by atoms with van der Waals surface area (Å²) in [7, 11) is 0. The lowest BCUT2D eigenvalue weighted by Gasteiger charge is -2.03. The van der Waals surface area contributed by atoms with Crippen molar-refractivity contribution in [3.05, 3.63) is 81.9 Å². The molecule has 0 fully saturated rings. The van der Waals surface area contributed by atoms with Gasteiger partial charge in [0.15, 0.2) is 0 Å². The zero-order valence-electron chi connectivity index (χ0n) is 14.8. The van der Waals surface area contributed by atoms with Crippen LogP contribution in [0.1, 0.15) is 33.4 Å². The highest BCUT2D eigenvalue weighted by Crippen LogP contribution is 2.37. The van der Waals surface area contributed by atoms with Gasteiger partial charge in [0.2, 0.25) is 0 Å². The Labute approximate surface area is 157 Å². The third kappa shape index (κ3) is 2.47. The van der Waals surface area contributed by atoms with Gasteiger partial charge in [-0.25, -0.2) is 0 Å². The fourth-order valence-electron chi connectivity index (χ4n) is 3.79. The molecule has 0 saturated carbocycles. The van der Waals surface area contributed by atoms with Crippen LogP contribution in [0.2, 0.25) is 0 Å². The SMILES string of the molecule is Cc1ccc2c(c1)Cc1cc(/C=C/c3ccc(C)c4nsnc34)ccc1-2. The first-order valence-electron chi connectivity index (χ1n) is 8.82. The lowest BCUT2D eigenvalue weighted by atomic mass is 10.0. The van der Waals surface area contributed by atoms with Gasteiger partial charge in [-0.3, -0.25) is 0 Å². The summed E-state index contributed by atoms with van der Waals surface area (Å²) >= 11 is 1.28. The summed E-state index contributed by atoms with van der Waals surface area (Å²) in [5, 5.41) is 0. The summed E-state index contributed by atoms with van der Waals surface area (Å²) < 4.78 is 8.87. The second kappa shape index (κ2) is 5.89. The van der Waals surface area contributed by atoms with Gasteiger partial charge in [-0.1, -0.05) is 66.2 Å². The molecule has 0 atom stereocenters. The normalized spacial score (nSPS) is 12.7. The van der Waals surface area contributed by atoms with E-state index in [1.807, 2.05) is 0 Å². The molecule has 3 heteroatoms. The van der Waals surface area contributed by atoms with Gasteiger partial charge in [-0.05, 0) is 53.6 Å². The molecular formula is C23H18N2S. The fourth-order valence-corrected chi connectivity index (χ4v) is 4.42. The number of hydrogen-bond acceptors (Lipinski definition) is 3. The molecule has 2 nitrogen and oxygen atoms in total. The van der Waals surface area contributed by atoms with Crippen molar-refractivity contribution in [3.8, 4) is 11.1 Å². The van der Waals surface area contributed by atoms with Gasteiger partial charge < -0.3 is 0 Å². The van der Waals surface area contributed by atoms with Gasteiger partial charge in [-0.2, -0.15) is 8.75 Å². The summed E-state index contributed by atoms with van der Waals surface area (Å²) in [6.45, 7) is 4.24. The molecule has 1 aliphatic rings. The quantitative estimate of drug-likeness (QED) is 0.361. The smallest absolute Gasteiger partial charge is 0.112 e. The molecule has 3 aromatic carbocycles. The highest BCUT2D eigenvalue weighted by Gasteiger charge is 2.18. The van der Waals surface area contributed by atoms with Crippen LogP contribution in [0.5, 0.6) is 0 Å². The van der Waals surface area contributed by atoms with Crippen LogP contribution in [-0.4, -0.2) is 8.75 Å². The standard InChI is InChI=1S/C23H18N2S/c1-14-3-9-20-18(11-14)13-19-12-16(6-10-21(19)20)5-8-17-7-4-15(2)22-23(17)25-26-24-22/h3-12H,13H2,1-2H3/b8-5+. The predicted molar refractivity (Wildman–Crippen MR) is 111 cm³/mol. The van der Waals surface area contributed by atoms with Crippen LogP contribution < -0.4 is 0 Å². The average Bonchev–Trinajstić information content (AvgIpc) is 3.25. The lowest BCUT2D eigenvalue weighted by Crippen LogP contribution is -1.83. The molecule has 0 amide bonds. The van der Waals surface area contributed by atoms with Crippen LogP contribution in [0.3, 0.4) is 0 Å². The molecule has 1 aromatic heterocycles. The van der Waals surface area contributed by atoms with Crippen molar-refractivity contribution in [1.29, 1.82) is 0 Å². The van der Waals surface area contributed by atoms with Crippen LogP contribution in [0.25, 0.3) is 34.3 Å². The molecule has 0 N–H and O–H groups in total. The van der Waals surface area contributed by atoms with Crippen molar-refractivity contribution in [2.75, 3.05) is 0 Å². The molecule has 0 bridgehead atoms. The fraction of sp³-hybridized carbons (Fsp3) is 0.130. The van der Waals surface area contributed by atoms with Gasteiger partial charge >= 0.3 is 0 Å². The van der Waals surface area contributed by atoms with Crippen LogP contribution in [-0.2, 0) is 6.42 Å². The van der Waals surface area contributed by atoms with Crippen molar-refractivity contribution in [2.24, 2.45) is 0 Å². The zero-order valence-corrected chi connectivity index (χ0v) is 15.6. The van der Waals surface area contributed by atoms with Crippen molar-refractivity contribution in [2.45, 2.75) is 20.3 Å². The maximum Gasteiger partial charge on any atom is 0.112 e. The highest BCUT2D eigenvalue weighted by molar-refractivity contribution is 7.00. The minimum Gasteiger partial charge on any atom is -0.173 e. The minimum atomic E-state index is 0.996. The van der Waals surface area contributed by atoms with Crippen molar-refractivity contribution < 1.29 is 0 Å². The van der Waals surface area contributed by atoms with E-state index in [1.165, 1.54) is 50.7 Å². The van der Waals surface area contributed by atoms with Gasteiger partial charge in [0.25, 0.3) is 0 Å². The van der Waals surface area contributed by atoms with E-state index in [4.69, 9.17) is 0 Å². The van der Waals surface area contributed by atoms with E-state index in [9.17, 15) is 0 Å². The Morgan fingerprint density at radius 2 is 1.58 bits per heavy atom. The number of benzene rings is 3. The summed E-state index contributed by atoms with van der Waals surface area (Å²) in [5.41, 5.74) is 12.5. The van der Waals surface area contributed by atoms with Gasteiger partial charge in [0, 0.05) is 5.56 Å². The number of hydrogen-bond donors (Lipinski definition) is 0. The van der Waals surface area contributed by atoms with E-state index in [0.717, 1.165) is 23.0 Å². The Bertz CT molecular complexity index is 1180. The summed E-state index contributed by atoms with van der Waals surface area (Å²) in [5.74, 6) is 0. The van der Waals surface area contributed by atoms with Crippen LogP contribution in [0.4, 0.5) is 0 Å². The molecule has 4 aromatic rings. The van der Waals surface area contributed by atoms with Crippen molar-refractivity contribution >= 4 is 34.9 Å². The largest absolute Gasteiger partial charge is 0.173 e. The molecule has 0 radical (unpaired) electrons. The van der Waals surface area contributed by atoms with E-state index in [2.05, 4.69) is 83.3 Å². The first kappa shape index (κ1) is 15.5. The van der Waals surface area contributed by atoms with E-state index in [-0.39, 0.29) is 0 Å². The number of rotatable bonds is 2. The molecule has 5 rings (SSSR count). The van der Waals surface area contributed by atoms with Crippen molar-refractivity contribution in [1.82, 2.24) is 8.75 Å². The number of aromatic nitrogens is 2. The summed E-state index contributed by atoms with van der Waals surface area (Å²) in [6, 6.07) is 17.8. The van der Waals surface area contributed by atoms with Crippen molar-refractivity contribution in [3.63, 3.8) is 0 Å². The third-order valence-corrected chi connectivity index (χ3v) is 5.69. The van der Waals surface area contributed by atoms with Crippen LogP contribution >= 0.6 is 11.7 Å². The monoisotopic (exact) mass is 354 g/mol. The average molecular weight is 354 g/mol. The molecule has 26 heavy (non-hydrogen) atoms. The van der Waals surface area contributed by atoms with Crippen LogP contribution in [0, 0.1) is 13.8 Å². The number of nitrogens with zero attached hydrogens (tertiary/aromatic N) is 2. The minimum absolute atomic E-state index is 0.996. The Balaban J connectivity index is 1.50. The molecule has 0 saturated heterocycles. The molecule has 0 aliphatic heterocycles. The molecular weight excluding hydrogens is 336 g/mol. The number of fused-ring (bicyclic) bond motifs is 4. The molecule has 1 aliphatic carbocycles. The topological polar surface area (TPSA) is 25.8 Å². The van der Waals surface area contributed by atoms with E-state index >= 15 is 0 Å². The molecule has 0 unspecified atom stereocenters. The third-order valence-electron chi connectivity index (χ3n) is 5.16. The maximum absolute atomic E-state index is 4.46. The lowest BCUT2D eigenvalue weighted by molar-refractivity contribution is 1.25. The second-order valence-electron chi connectivity index (χ2n) is 7.02. The Hall–Kier alpha value is -2.78. The van der Waals surface area contributed by atoms with E-state index < -0.39 is 0 Å². The van der Waals surface area contributed by atoms with Gasteiger partial charge in [0.05, 0.1) is 11.7 Å². The van der Waals surface area contributed by atoms with Gasteiger partial charge in [0.1, 0.15) is 11.0 Å². The molecule has 126 valence electrons. The first-order chi connectivity index (χ1) is 12.7. The predicted octanol–water partition coefficient (Wildman–Crippen LogP) is 6.05. The molecule has 1 heterocycles. The van der Waals surface area contributed by atoms with Crippen LogP contribution in [0.15, 0.2) is 48.5 Å². The summed E-state index contributed by atoms with van der Waals surface area (Å²) in [4.78, 5) is 0. The second-order valence-corrected chi connectivity index (χ2v) is 7.55. The highest BCUT2D eigenvalue weighted by atomic mass is 32.1. The van der Waals surface area contributed by atoms with E-state index in [1.54, 1.807) is 0 Å². The first-order valence-corrected chi connectivity index (χ1v) is 9.55. The zero-order chi connectivity index (χ0) is 17.7. The molecule has 0 spiro atoms. The Morgan fingerprint density at radius 3 is 2.46 bits per heavy atom. The maximum atomic E-state index is 4.46.